The molecule has 0 saturated carbocycles. The van der Waals surface area contributed by atoms with Crippen LogP contribution in [0.4, 0.5) is 0 Å². The summed E-state index contributed by atoms with van der Waals surface area (Å²) >= 11 is 0. The number of nitriles is 1. The van der Waals surface area contributed by atoms with E-state index in [-0.39, 0.29) is 31.4 Å². The van der Waals surface area contributed by atoms with Crippen LogP contribution in [0.15, 0.2) is 72.8 Å². The lowest BCUT2D eigenvalue weighted by atomic mass is 9.95. The van der Waals surface area contributed by atoms with Crippen molar-refractivity contribution in [1.82, 2.24) is 5.32 Å². The van der Waals surface area contributed by atoms with Crippen molar-refractivity contribution in [1.29, 1.82) is 5.26 Å². The molecule has 3 aromatic carbocycles. The standard InChI is InChI=1S/C29H30N2O4/c1-20(2)15-27(24-9-4-3-5-10-24)31-29(34)26-17-25(13-11-23(26)12-14-28(32)33)35-19-22-8-6-7-21(16-22)18-30/h3-11,13,16-17,20,27H,12,14-15,19H2,1-2H3,(H,31,34)(H,32,33). The van der Waals surface area contributed by atoms with E-state index in [1.54, 1.807) is 36.4 Å². The van der Waals surface area contributed by atoms with Crippen LogP contribution in [0.1, 0.15) is 65.3 Å². The minimum atomic E-state index is -0.920. The Morgan fingerprint density at radius 3 is 2.49 bits per heavy atom. The Labute approximate surface area is 206 Å². The van der Waals surface area contributed by atoms with Crippen molar-refractivity contribution in [2.24, 2.45) is 5.92 Å². The van der Waals surface area contributed by atoms with Gasteiger partial charge in [-0.25, -0.2) is 0 Å². The van der Waals surface area contributed by atoms with Crippen molar-refractivity contribution < 1.29 is 19.4 Å². The zero-order valence-electron chi connectivity index (χ0n) is 20.0. The highest BCUT2D eigenvalue weighted by atomic mass is 16.5. The zero-order valence-corrected chi connectivity index (χ0v) is 20.0. The molecule has 3 rings (SSSR count). The van der Waals surface area contributed by atoms with E-state index in [1.165, 1.54) is 0 Å². The van der Waals surface area contributed by atoms with Gasteiger partial charge in [0.25, 0.3) is 5.91 Å². The normalized spacial score (nSPS) is 11.5. The molecule has 0 fully saturated rings. The first-order chi connectivity index (χ1) is 16.9. The molecule has 0 aromatic heterocycles. The van der Waals surface area contributed by atoms with Gasteiger partial charge in [-0.05, 0) is 59.7 Å². The summed E-state index contributed by atoms with van der Waals surface area (Å²) in [6, 6.07) is 24.1. The number of rotatable bonds is 11. The van der Waals surface area contributed by atoms with Crippen molar-refractivity contribution >= 4 is 11.9 Å². The third-order valence-electron chi connectivity index (χ3n) is 5.61. The highest BCUT2D eigenvalue weighted by Crippen LogP contribution is 2.25. The van der Waals surface area contributed by atoms with E-state index in [4.69, 9.17) is 15.1 Å². The fourth-order valence-corrected chi connectivity index (χ4v) is 3.88. The van der Waals surface area contributed by atoms with E-state index in [9.17, 15) is 9.59 Å². The molecule has 0 saturated heterocycles. The Morgan fingerprint density at radius 1 is 1.03 bits per heavy atom. The summed E-state index contributed by atoms with van der Waals surface area (Å²) in [4.78, 5) is 24.6. The highest BCUT2D eigenvalue weighted by molar-refractivity contribution is 5.96. The minimum Gasteiger partial charge on any atom is -0.489 e. The van der Waals surface area contributed by atoms with Crippen LogP contribution in [0.3, 0.4) is 0 Å². The summed E-state index contributed by atoms with van der Waals surface area (Å²) in [7, 11) is 0. The number of nitrogens with one attached hydrogen (secondary N) is 1. The van der Waals surface area contributed by atoms with E-state index in [0.29, 0.717) is 28.4 Å². The number of carboxylic acid groups (broad SMARTS) is 1. The topological polar surface area (TPSA) is 99.4 Å². The largest absolute Gasteiger partial charge is 0.489 e. The number of ether oxygens (including phenoxy) is 1. The number of hydrogen-bond acceptors (Lipinski definition) is 4. The molecule has 1 unspecified atom stereocenters. The summed E-state index contributed by atoms with van der Waals surface area (Å²) in [5.74, 6) is -0.324. The number of carboxylic acids is 1. The van der Waals surface area contributed by atoms with Crippen LogP contribution in [0.5, 0.6) is 5.75 Å². The molecule has 0 heterocycles. The lowest BCUT2D eigenvalue weighted by molar-refractivity contribution is -0.136. The van der Waals surface area contributed by atoms with Gasteiger partial charge in [0, 0.05) is 12.0 Å². The molecule has 0 aliphatic heterocycles. The quantitative estimate of drug-likeness (QED) is 0.376. The third-order valence-corrected chi connectivity index (χ3v) is 5.61. The smallest absolute Gasteiger partial charge is 0.303 e. The third kappa shape index (κ3) is 7.72. The molecule has 2 N–H and O–H groups in total. The van der Waals surface area contributed by atoms with Gasteiger partial charge in [0.05, 0.1) is 17.7 Å². The van der Waals surface area contributed by atoms with Gasteiger partial charge in [-0.1, -0.05) is 62.4 Å². The van der Waals surface area contributed by atoms with Gasteiger partial charge in [-0.3, -0.25) is 9.59 Å². The number of amides is 1. The van der Waals surface area contributed by atoms with Crippen molar-refractivity contribution in [2.45, 2.75) is 45.8 Å². The molecular formula is C29H30N2O4. The first-order valence-corrected chi connectivity index (χ1v) is 11.7. The van der Waals surface area contributed by atoms with Gasteiger partial charge in [-0.2, -0.15) is 5.26 Å². The number of carbonyl (C=O) groups is 2. The van der Waals surface area contributed by atoms with Crippen LogP contribution in [0.2, 0.25) is 0 Å². The summed E-state index contributed by atoms with van der Waals surface area (Å²) < 4.78 is 5.91. The Kier molecular flexibility index (Phi) is 9.02. The number of nitrogens with zero attached hydrogens (tertiary/aromatic N) is 1. The Bertz CT molecular complexity index is 1200. The Morgan fingerprint density at radius 2 is 1.80 bits per heavy atom. The molecule has 180 valence electrons. The Hall–Kier alpha value is -4.11. The van der Waals surface area contributed by atoms with E-state index < -0.39 is 5.97 Å². The molecule has 1 amide bonds. The van der Waals surface area contributed by atoms with Gasteiger partial charge in [-0.15, -0.1) is 0 Å². The molecule has 0 aliphatic carbocycles. The predicted octanol–water partition coefficient (Wildman–Crippen LogP) is 5.67. The van der Waals surface area contributed by atoms with E-state index in [1.807, 2.05) is 36.4 Å². The second kappa shape index (κ2) is 12.4. The fourth-order valence-electron chi connectivity index (χ4n) is 3.88. The maximum absolute atomic E-state index is 13.4. The summed E-state index contributed by atoms with van der Waals surface area (Å²) in [5.41, 5.74) is 3.46. The van der Waals surface area contributed by atoms with Crippen molar-refractivity contribution in [3.8, 4) is 11.8 Å². The zero-order chi connectivity index (χ0) is 25.2. The first-order valence-electron chi connectivity index (χ1n) is 11.7. The number of carbonyl (C=O) groups excluding carboxylic acids is 1. The number of hydrogen-bond donors (Lipinski definition) is 2. The molecule has 35 heavy (non-hydrogen) atoms. The van der Waals surface area contributed by atoms with E-state index in [0.717, 1.165) is 17.5 Å². The molecule has 0 aliphatic rings. The average Bonchev–Trinajstić information content (AvgIpc) is 2.86. The maximum Gasteiger partial charge on any atom is 0.303 e. The van der Waals surface area contributed by atoms with Gasteiger partial charge in [0.1, 0.15) is 12.4 Å². The molecular weight excluding hydrogens is 440 g/mol. The van der Waals surface area contributed by atoms with Crippen LogP contribution in [-0.4, -0.2) is 17.0 Å². The van der Waals surface area contributed by atoms with Gasteiger partial charge < -0.3 is 15.2 Å². The fraction of sp³-hybridized carbons (Fsp3) is 0.276. The van der Waals surface area contributed by atoms with Crippen molar-refractivity contribution in [3.63, 3.8) is 0 Å². The van der Waals surface area contributed by atoms with Crippen molar-refractivity contribution in [2.75, 3.05) is 0 Å². The summed E-state index contributed by atoms with van der Waals surface area (Å²) in [5, 5.41) is 21.4. The number of aryl methyl sites for hydroxylation is 1. The average molecular weight is 471 g/mol. The predicted molar refractivity (Wildman–Crippen MR) is 134 cm³/mol. The monoisotopic (exact) mass is 470 g/mol. The summed E-state index contributed by atoms with van der Waals surface area (Å²) in [6.45, 7) is 4.46. The van der Waals surface area contributed by atoms with Crippen molar-refractivity contribution in [3.05, 3.63) is 101 Å². The van der Waals surface area contributed by atoms with Crippen LogP contribution in [0, 0.1) is 17.2 Å². The summed E-state index contributed by atoms with van der Waals surface area (Å²) in [6.07, 6.45) is 0.934. The van der Waals surface area contributed by atoms with Crippen LogP contribution in [-0.2, 0) is 17.8 Å². The highest BCUT2D eigenvalue weighted by Gasteiger charge is 2.20. The second-order valence-electron chi connectivity index (χ2n) is 8.88. The molecule has 6 heteroatoms. The van der Waals surface area contributed by atoms with E-state index >= 15 is 0 Å². The molecule has 1 atom stereocenters. The minimum absolute atomic E-state index is 0.0739. The Balaban J connectivity index is 1.85. The van der Waals surface area contributed by atoms with Gasteiger partial charge >= 0.3 is 5.97 Å². The second-order valence-corrected chi connectivity index (χ2v) is 8.88. The lowest BCUT2D eigenvalue weighted by Gasteiger charge is -2.22. The van der Waals surface area contributed by atoms with Crippen LogP contribution >= 0.6 is 0 Å². The first kappa shape index (κ1) is 25.5. The number of benzene rings is 3. The number of aliphatic carboxylic acids is 1. The van der Waals surface area contributed by atoms with E-state index in [2.05, 4.69) is 25.2 Å². The van der Waals surface area contributed by atoms with Crippen LogP contribution in [0.25, 0.3) is 0 Å². The molecule has 0 radical (unpaired) electrons. The van der Waals surface area contributed by atoms with Gasteiger partial charge in [0.2, 0.25) is 0 Å². The maximum atomic E-state index is 13.4. The molecule has 6 nitrogen and oxygen atoms in total. The molecule has 3 aromatic rings. The molecule has 0 bridgehead atoms. The lowest BCUT2D eigenvalue weighted by Crippen LogP contribution is -2.30. The van der Waals surface area contributed by atoms with Gasteiger partial charge in [0.15, 0.2) is 0 Å². The SMILES string of the molecule is CC(C)CC(NC(=O)c1cc(OCc2cccc(C#N)c2)ccc1CCC(=O)O)c1ccccc1. The molecule has 0 spiro atoms. The van der Waals surface area contributed by atoms with Crippen LogP contribution < -0.4 is 10.1 Å².